The first-order valence-corrected chi connectivity index (χ1v) is 11.4. The van der Waals surface area contributed by atoms with Gasteiger partial charge in [-0.1, -0.05) is 76.2 Å². The van der Waals surface area contributed by atoms with E-state index in [2.05, 4.69) is 93.3 Å². The van der Waals surface area contributed by atoms with Gasteiger partial charge < -0.3 is 0 Å². The number of pyridine rings is 3. The largest absolute Gasteiger partial charge is 0.261 e. The fraction of sp³-hybridized carbons (Fsp3) is 0.276. The Hall–Kier alpha value is -3.33. The van der Waals surface area contributed by atoms with E-state index >= 15 is 0 Å². The maximum absolute atomic E-state index is 4.85. The van der Waals surface area contributed by atoms with E-state index in [4.69, 9.17) is 9.97 Å². The van der Waals surface area contributed by atoms with Crippen LogP contribution < -0.4 is 0 Å². The van der Waals surface area contributed by atoms with Gasteiger partial charge in [-0.15, -0.1) is 0 Å². The Labute approximate surface area is 191 Å². The second-order valence-corrected chi connectivity index (χ2v) is 9.05. The summed E-state index contributed by atoms with van der Waals surface area (Å²) in [7, 11) is 0. The number of rotatable bonds is 7. The van der Waals surface area contributed by atoms with Gasteiger partial charge in [0.05, 0.1) is 0 Å². The standard InChI is InChI=1S/C29H31N3/c1-20(2)28(22-10-6-5-7-11-22)26-15-13-23(18-31-26)24-14-16-27(32-19-24)29(21(3)4)25-12-8-9-17-30-25/h5-21,28-29H,1-4H3. The van der Waals surface area contributed by atoms with E-state index in [9.17, 15) is 0 Å². The van der Waals surface area contributed by atoms with Crippen molar-refractivity contribution in [2.24, 2.45) is 11.8 Å². The molecule has 0 radical (unpaired) electrons. The first-order valence-electron chi connectivity index (χ1n) is 11.4. The van der Waals surface area contributed by atoms with E-state index in [0.717, 1.165) is 28.2 Å². The molecule has 4 rings (SSSR count). The van der Waals surface area contributed by atoms with E-state index in [0.29, 0.717) is 11.8 Å². The highest BCUT2D eigenvalue weighted by Gasteiger charge is 2.21. The summed E-state index contributed by atoms with van der Waals surface area (Å²) in [6.45, 7) is 8.94. The lowest BCUT2D eigenvalue weighted by molar-refractivity contribution is 0.541. The Morgan fingerprint density at radius 2 is 1.03 bits per heavy atom. The van der Waals surface area contributed by atoms with Crippen LogP contribution in [0.1, 0.15) is 62.2 Å². The highest BCUT2D eigenvalue weighted by Crippen LogP contribution is 2.33. The molecular formula is C29H31N3. The van der Waals surface area contributed by atoms with Crippen LogP contribution in [0.5, 0.6) is 0 Å². The van der Waals surface area contributed by atoms with E-state index < -0.39 is 0 Å². The van der Waals surface area contributed by atoms with E-state index in [1.807, 2.05) is 30.7 Å². The first kappa shape index (κ1) is 21.9. The molecule has 3 heterocycles. The molecule has 162 valence electrons. The quantitative estimate of drug-likeness (QED) is 0.319. The van der Waals surface area contributed by atoms with Gasteiger partial charge in [-0.25, -0.2) is 0 Å². The van der Waals surface area contributed by atoms with Crippen molar-refractivity contribution >= 4 is 0 Å². The van der Waals surface area contributed by atoms with Crippen molar-refractivity contribution in [1.82, 2.24) is 15.0 Å². The molecule has 32 heavy (non-hydrogen) atoms. The molecular weight excluding hydrogens is 390 g/mol. The first-order chi connectivity index (χ1) is 15.5. The molecule has 0 bridgehead atoms. The van der Waals surface area contributed by atoms with Gasteiger partial charge in [0.2, 0.25) is 0 Å². The van der Waals surface area contributed by atoms with E-state index in [1.165, 1.54) is 5.56 Å². The number of hydrogen-bond donors (Lipinski definition) is 0. The number of benzene rings is 1. The second kappa shape index (κ2) is 9.86. The fourth-order valence-electron chi connectivity index (χ4n) is 4.47. The molecule has 1 aromatic carbocycles. The van der Waals surface area contributed by atoms with Crippen LogP contribution in [0.25, 0.3) is 11.1 Å². The summed E-state index contributed by atoms with van der Waals surface area (Å²) in [6, 6.07) is 25.3. The minimum Gasteiger partial charge on any atom is -0.261 e. The molecule has 0 spiro atoms. The average molecular weight is 422 g/mol. The van der Waals surface area contributed by atoms with Crippen molar-refractivity contribution in [3.05, 3.63) is 114 Å². The molecule has 2 unspecified atom stereocenters. The lowest BCUT2D eigenvalue weighted by Crippen LogP contribution is -2.12. The topological polar surface area (TPSA) is 38.7 Å². The van der Waals surface area contributed by atoms with E-state index in [1.54, 1.807) is 0 Å². The molecule has 0 amide bonds. The molecule has 0 fully saturated rings. The molecule has 4 aromatic rings. The van der Waals surface area contributed by atoms with Crippen LogP contribution in [-0.2, 0) is 0 Å². The van der Waals surface area contributed by atoms with E-state index in [-0.39, 0.29) is 11.8 Å². The van der Waals surface area contributed by atoms with Crippen LogP contribution in [0.2, 0.25) is 0 Å². The lowest BCUT2D eigenvalue weighted by atomic mass is 9.85. The molecule has 2 atom stereocenters. The van der Waals surface area contributed by atoms with Gasteiger partial charge in [0.1, 0.15) is 0 Å². The van der Waals surface area contributed by atoms with Crippen molar-refractivity contribution in [3.8, 4) is 11.1 Å². The fourth-order valence-corrected chi connectivity index (χ4v) is 4.47. The molecule has 0 saturated carbocycles. The number of hydrogen-bond acceptors (Lipinski definition) is 3. The molecule has 0 aliphatic heterocycles. The Kier molecular flexibility index (Phi) is 6.75. The van der Waals surface area contributed by atoms with Crippen molar-refractivity contribution in [2.75, 3.05) is 0 Å². The molecule has 0 saturated heterocycles. The van der Waals surface area contributed by atoms with Crippen molar-refractivity contribution < 1.29 is 0 Å². The van der Waals surface area contributed by atoms with Gasteiger partial charge in [0, 0.05) is 58.6 Å². The average Bonchev–Trinajstić information content (AvgIpc) is 2.81. The van der Waals surface area contributed by atoms with Crippen LogP contribution in [0, 0.1) is 11.8 Å². The van der Waals surface area contributed by atoms with Gasteiger partial charge in [-0.2, -0.15) is 0 Å². The molecule has 0 aliphatic rings. The molecule has 3 nitrogen and oxygen atoms in total. The zero-order valence-corrected chi connectivity index (χ0v) is 19.3. The minimum absolute atomic E-state index is 0.184. The minimum atomic E-state index is 0.184. The Bertz CT molecular complexity index is 1010. The zero-order chi connectivity index (χ0) is 22.5. The highest BCUT2D eigenvalue weighted by atomic mass is 14.7. The highest BCUT2D eigenvalue weighted by molar-refractivity contribution is 5.61. The molecule has 3 heteroatoms. The number of nitrogens with zero attached hydrogens (tertiary/aromatic N) is 3. The van der Waals surface area contributed by atoms with Crippen LogP contribution in [0.3, 0.4) is 0 Å². The van der Waals surface area contributed by atoms with Gasteiger partial charge in [-0.3, -0.25) is 15.0 Å². The van der Waals surface area contributed by atoms with Crippen LogP contribution in [0.4, 0.5) is 0 Å². The Morgan fingerprint density at radius 3 is 1.50 bits per heavy atom. The predicted octanol–water partition coefficient (Wildman–Crippen LogP) is 7.11. The van der Waals surface area contributed by atoms with Gasteiger partial charge in [0.15, 0.2) is 0 Å². The Balaban J connectivity index is 1.58. The zero-order valence-electron chi connectivity index (χ0n) is 19.3. The summed E-state index contributed by atoms with van der Waals surface area (Å²) in [5, 5.41) is 0. The molecule has 0 N–H and O–H groups in total. The molecule has 3 aromatic heterocycles. The Morgan fingerprint density at radius 1 is 0.500 bits per heavy atom. The van der Waals surface area contributed by atoms with Gasteiger partial charge in [-0.05, 0) is 41.7 Å². The summed E-state index contributed by atoms with van der Waals surface area (Å²) in [5.41, 5.74) is 6.70. The number of aromatic nitrogens is 3. The second-order valence-electron chi connectivity index (χ2n) is 9.05. The van der Waals surface area contributed by atoms with Crippen molar-refractivity contribution in [1.29, 1.82) is 0 Å². The lowest BCUT2D eigenvalue weighted by Gasteiger charge is -2.21. The third-order valence-electron chi connectivity index (χ3n) is 6.04. The van der Waals surface area contributed by atoms with Crippen LogP contribution >= 0.6 is 0 Å². The SMILES string of the molecule is CC(C)C(c1ccccc1)c1ccc(-c2ccc(C(c3ccccn3)C(C)C)nc2)cn1. The third-order valence-corrected chi connectivity index (χ3v) is 6.04. The van der Waals surface area contributed by atoms with Gasteiger partial charge in [0.25, 0.3) is 0 Å². The monoisotopic (exact) mass is 421 g/mol. The smallest absolute Gasteiger partial charge is 0.0497 e. The maximum atomic E-state index is 4.85. The maximum Gasteiger partial charge on any atom is 0.0497 e. The van der Waals surface area contributed by atoms with Gasteiger partial charge >= 0.3 is 0 Å². The normalized spacial score (nSPS) is 13.3. The summed E-state index contributed by atoms with van der Waals surface area (Å²) < 4.78 is 0. The van der Waals surface area contributed by atoms with Crippen LogP contribution in [-0.4, -0.2) is 15.0 Å². The summed E-state index contributed by atoms with van der Waals surface area (Å²) >= 11 is 0. The summed E-state index contributed by atoms with van der Waals surface area (Å²) in [5.74, 6) is 1.35. The van der Waals surface area contributed by atoms with Crippen molar-refractivity contribution in [2.45, 2.75) is 39.5 Å². The summed E-state index contributed by atoms with van der Waals surface area (Å²) in [6.07, 6.45) is 5.79. The molecule has 0 aliphatic carbocycles. The van der Waals surface area contributed by atoms with Crippen LogP contribution in [0.15, 0.2) is 91.4 Å². The predicted molar refractivity (Wildman–Crippen MR) is 132 cm³/mol. The van der Waals surface area contributed by atoms with Crippen molar-refractivity contribution in [3.63, 3.8) is 0 Å². The summed E-state index contributed by atoms with van der Waals surface area (Å²) in [4.78, 5) is 14.2. The third kappa shape index (κ3) is 4.77.